The topological polar surface area (TPSA) is 47.9 Å². The molecule has 2 unspecified atom stereocenters. The maximum atomic E-state index is 10.6. The van der Waals surface area contributed by atoms with Crippen LogP contribution in [0.2, 0.25) is 0 Å². The molecule has 2 atom stereocenters. The molecule has 4 nitrogen and oxygen atoms in total. The van der Waals surface area contributed by atoms with Gasteiger partial charge in [-0.3, -0.25) is 0 Å². The van der Waals surface area contributed by atoms with Crippen LogP contribution in [0.5, 0.6) is 17.2 Å². The summed E-state index contributed by atoms with van der Waals surface area (Å²) in [7, 11) is 3.24. The van der Waals surface area contributed by atoms with Crippen molar-refractivity contribution in [2.24, 2.45) is 0 Å². The number of benzene rings is 1. The lowest BCUT2D eigenvalue weighted by Crippen LogP contribution is -2.32. The lowest BCUT2D eigenvalue weighted by atomic mass is 9.97. The summed E-state index contributed by atoms with van der Waals surface area (Å²) in [5.74, 6) is 2.06. The molecule has 0 bridgehead atoms. The van der Waals surface area contributed by atoms with E-state index in [9.17, 15) is 5.11 Å². The molecule has 4 heteroatoms. The Morgan fingerprint density at radius 1 is 0.792 bits per heavy atom. The number of ether oxygens (including phenoxy) is 3. The van der Waals surface area contributed by atoms with Crippen molar-refractivity contribution in [1.82, 2.24) is 0 Å². The summed E-state index contributed by atoms with van der Waals surface area (Å²) >= 11 is 0. The van der Waals surface area contributed by atoms with Gasteiger partial charge in [-0.15, -0.1) is 0 Å². The summed E-state index contributed by atoms with van der Waals surface area (Å²) < 4.78 is 16.7. The number of aliphatic hydroxyl groups excluding tert-OH is 1. The van der Waals surface area contributed by atoms with Gasteiger partial charge in [-0.1, -0.05) is 44.9 Å². The highest BCUT2D eigenvalue weighted by Crippen LogP contribution is 2.32. The van der Waals surface area contributed by atoms with Crippen molar-refractivity contribution in [2.45, 2.75) is 76.4 Å². The Hall–Kier alpha value is -1.42. The van der Waals surface area contributed by atoms with Gasteiger partial charge in [0.25, 0.3) is 0 Å². The van der Waals surface area contributed by atoms with Crippen LogP contribution in [0.4, 0.5) is 0 Å². The van der Waals surface area contributed by atoms with Crippen LogP contribution >= 0.6 is 0 Å². The van der Waals surface area contributed by atoms with E-state index >= 15 is 0 Å². The monoisotopic (exact) mass is 336 g/mol. The molecule has 0 amide bonds. The van der Waals surface area contributed by atoms with E-state index in [2.05, 4.69) is 0 Å². The van der Waals surface area contributed by atoms with Crippen molar-refractivity contribution in [3.8, 4) is 17.2 Å². The standard InChI is InChI=1S/C20H32O4/c1-22-19-14-13-16(15-20(19)23-2)24-18-12-10-8-6-4-3-5-7-9-11-17(18)21/h13-15,17-18,21H,3-12H2,1-2H3. The number of hydrogen-bond donors (Lipinski definition) is 1. The van der Waals surface area contributed by atoms with Gasteiger partial charge in [0.15, 0.2) is 11.5 Å². The minimum Gasteiger partial charge on any atom is -0.493 e. The number of aliphatic hydroxyl groups is 1. The van der Waals surface area contributed by atoms with E-state index < -0.39 is 6.10 Å². The molecule has 0 saturated heterocycles. The van der Waals surface area contributed by atoms with Crippen molar-refractivity contribution in [2.75, 3.05) is 14.2 Å². The predicted octanol–water partition coefficient (Wildman–Crippen LogP) is 4.73. The van der Waals surface area contributed by atoms with Crippen LogP contribution in [0.3, 0.4) is 0 Å². The third kappa shape index (κ3) is 5.90. The first-order valence-electron chi connectivity index (χ1n) is 9.31. The first-order chi connectivity index (χ1) is 11.7. The van der Waals surface area contributed by atoms with Crippen LogP contribution in [0, 0.1) is 0 Å². The predicted molar refractivity (Wildman–Crippen MR) is 96.1 cm³/mol. The average molecular weight is 336 g/mol. The SMILES string of the molecule is COc1ccc(OC2CCCCCCCCCCC2O)cc1OC. The molecule has 1 aliphatic carbocycles. The minimum absolute atomic E-state index is 0.150. The fourth-order valence-corrected chi connectivity index (χ4v) is 3.34. The second kappa shape index (κ2) is 10.4. The fourth-order valence-electron chi connectivity index (χ4n) is 3.34. The second-order valence-corrected chi connectivity index (χ2v) is 6.65. The van der Waals surface area contributed by atoms with Gasteiger partial charge in [0.05, 0.1) is 20.3 Å². The molecule has 1 fully saturated rings. The van der Waals surface area contributed by atoms with Crippen molar-refractivity contribution in [3.63, 3.8) is 0 Å². The Morgan fingerprint density at radius 3 is 2.00 bits per heavy atom. The molecule has 136 valence electrons. The molecule has 1 aromatic carbocycles. The summed E-state index contributed by atoms with van der Waals surface area (Å²) in [4.78, 5) is 0. The fraction of sp³-hybridized carbons (Fsp3) is 0.700. The first kappa shape index (κ1) is 18.9. The molecule has 0 spiro atoms. The lowest BCUT2D eigenvalue weighted by molar-refractivity contribution is 0.0226. The van der Waals surface area contributed by atoms with Crippen molar-refractivity contribution in [1.29, 1.82) is 0 Å². The Balaban J connectivity index is 2.02. The lowest BCUT2D eigenvalue weighted by Gasteiger charge is -2.25. The summed E-state index contributed by atoms with van der Waals surface area (Å²) in [6.07, 6.45) is 11.0. The summed E-state index contributed by atoms with van der Waals surface area (Å²) in [6, 6.07) is 5.56. The van der Waals surface area contributed by atoms with Gasteiger partial charge in [-0.2, -0.15) is 0 Å². The minimum atomic E-state index is -0.405. The van der Waals surface area contributed by atoms with E-state index in [1.54, 1.807) is 14.2 Å². The molecule has 24 heavy (non-hydrogen) atoms. The van der Waals surface area contributed by atoms with Gasteiger partial charge in [0, 0.05) is 6.07 Å². The molecule has 0 heterocycles. The quantitative estimate of drug-likeness (QED) is 0.864. The van der Waals surface area contributed by atoms with Crippen molar-refractivity contribution >= 4 is 0 Å². The van der Waals surface area contributed by atoms with Crippen LogP contribution < -0.4 is 14.2 Å². The maximum absolute atomic E-state index is 10.6. The van der Waals surface area contributed by atoms with E-state index in [4.69, 9.17) is 14.2 Å². The normalized spacial score (nSPS) is 23.6. The van der Waals surface area contributed by atoms with E-state index in [0.717, 1.165) is 31.4 Å². The zero-order chi connectivity index (χ0) is 17.2. The Labute approximate surface area is 146 Å². The molecular formula is C20H32O4. The van der Waals surface area contributed by atoms with Crippen LogP contribution in [-0.2, 0) is 0 Å². The average Bonchev–Trinajstić information content (AvgIpc) is 2.60. The third-order valence-corrected chi connectivity index (χ3v) is 4.81. The van der Waals surface area contributed by atoms with E-state index in [-0.39, 0.29) is 6.10 Å². The zero-order valence-corrected chi connectivity index (χ0v) is 15.1. The molecule has 0 aliphatic heterocycles. The highest BCUT2D eigenvalue weighted by molar-refractivity contribution is 5.45. The number of hydrogen-bond acceptors (Lipinski definition) is 4. The van der Waals surface area contributed by atoms with Gasteiger partial charge in [-0.05, 0) is 31.4 Å². The van der Waals surface area contributed by atoms with E-state index in [0.29, 0.717) is 11.5 Å². The summed E-state index contributed by atoms with van der Waals surface area (Å²) in [5.41, 5.74) is 0. The van der Waals surface area contributed by atoms with E-state index in [1.807, 2.05) is 18.2 Å². The smallest absolute Gasteiger partial charge is 0.164 e. The van der Waals surface area contributed by atoms with Crippen molar-refractivity contribution in [3.05, 3.63) is 18.2 Å². The Kier molecular flexibility index (Phi) is 8.23. The molecule has 1 saturated carbocycles. The van der Waals surface area contributed by atoms with Gasteiger partial charge in [-0.25, -0.2) is 0 Å². The first-order valence-corrected chi connectivity index (χ1v) is 9.31. The number of methoxy groups -OCH3 is 2. The molecule has 2 rings (SSSR count). The van der Waals surface area contributed by atoms with Crippen molar-refractivity contribution < 1.29 is 19.3 Å². The maximum Gasteiger partial charge on any atom is 0.164 e. The molecule has 0 aromatic heterocycles. The molecule has 1 N–H and O–H groups in total. The highest BCUT2D eigenvalue weighted by Gasteiger charge is 2.21. The third-order valence-electron chi connectivity index (χ3n) is 4.81. The molecule has 1 aliphatic rings. The highest BCUT2D eigenvalue weighted by atomic mass is 16.5. The van der Waals surface area contributed by atoms with Crippen LogP contribution in [0.1, 0.15) is 64.2 Å². The summed E-state index contributed by atoms with van der Waals surface area (Å²) in [5, 5.41) is 10.6. The van der Waals surface area contributed by atoms with Gasteiger partial charge in [0.2, 0.25) is 0 Å². The number of rotatable bonds is 4. The molecular weight excluding hydrogens is 304 g/mol. The van der Waals surface area contributed by atoms with Gasteiger partial charge < -0.3 is 19.3 Å². The van der Waals surface area contributed by atoms with Crippen LogP contribution in [0.15, 0.2) is 18.2 Å². The Morgan fingerprint density at radius 2 is 1.38 bits per heavy atom. The Bertz CT molecular complexity index is 475. The van der Waals surface area contributed by atoms with Gasteiger partial charge in [0.1, 0.15) is 11.9 Å². The molecule has 1 aromatic rings. The zero-order valence-electron chi connectivity index (χ0n) is 15.1. The largest absolute Gasteiger partial charge is 0.493 e. The van der Waals surface area contributed by atoms with Crippen LogP contribution in [0.25, 0.3) is 0 Å². The van der Waals surface area contributed by atoms with Gasteiger partial charge >= 0.3 is 0 Å². The second-order valence-electron chi connectivity index (χ2n) is 6.65. The molecule has 0 radical (unpaired) electrons. The summed E-state index contributed by atoms with van der Waals surface area (Å²) in [6.45, 7) is 0. The van der Waals surface area contributed by atoms with E-state index in [1.165, 1.54) is 38.5 Å². The van der Waals surface area contributed by atoms with Crippen LogP contribution in [-0.4, -0.2) is 31.5 Å².